The normalized spacial score (nSPS) is 39.1. The topological polar surface area (TPSA) is 217 Å². The van der Waals surface area contributed by atoms with Crippen molar-refractivity contribution in [1.82, 2.24) is 0 Å². The van der Waals surface area contributed by atoms with E-state index in [0.29, 0.717) is 36.8 Å². The highest BCUT2D eigenvalue weighted by molar-refractivity contribution is 6.02. The van der Waals surface area contributed by atoms with E-state index in [1.54, 1.807) is 12.2 Å². The second kappa shape index (κ2) is 13.5. The van der Waals surface area contributed by atoms with Crippen molar-refractivity contribution in [3.8, 4) is 0 Å². The van der Waals surface area contributed by atoms with Gasteiger partial charge in [0.15, 0.2) is 11.7 Å². The van der Waals surface area contributed by atoms with Crippen LogP contribution in [-0.2, 0) is 14.4 Å². The van der Waals surface area contributed by atoms with Crippen molar-refractivity contribution >= 4 is 29.6 Å². The Kier molecular flexibility index (Phi) is 9.69. The summed E-state index contributed by atoms with van der Waals surface area (Å²) in [6.45, 7) is 8.94. The second-order valence-corrected chi connectivity index (χ2v) is 18.7. The van der Waals surface area contributed by atoms with Gasteiger partial charge in [-0.15, -0.1) is 0 Å². The molecule has 6 aliphatic carbocycles. The molecule has 0 aromatic heterocycles. The number of hydrogen-bond donors (Lipinski definition) is 7. The number of ketones is 2. The number of benzene rings is 1. The Hall–Kier alpha value is -4.06. The van der Waals surface area contributed by atoms with Crippen LogP contribution in [0.2, 0.25) is 0 Å². The van der Waals surface area contributed by atoms with Crippen LogP contribution in [0.4, 0.5) is 0 Å². The van der Waals surface area contributed by atoms with Gasteiger partial charge in [-0.05, 0) is 73.0 Å². The van der Waals surface area contributed by atoms with E-state index in [2.05, 4.69) is 4.99 Å². The summed E-state index contributed by atoms with van der Waals surface area (Å²) in [5, 5.41) is 59.4. The Morgan fingerprint density at radius 1 is 1.00 bits per heavy atom. The molecule has 11 nitrogen and oxygen atoms in total. The molecule has 3 saturated carbocycles. The number of fused-ring (bicyclic) bond motifs is 1. The maximum atomic E-state index is 15.5. The van der Waals surface area contributed by atoms with Crippen LogP contribution in [0.3, 0.4) is 0 Å². The van der Waals surface area contributed by atoms with E-state index >= 15 is 4.79 Å². The zero-order valence-electron chi connectivity index (χ0n) is 33.3. The zero-order chi connectivity index (χ0) is 40.8. The lowest BCUT2D eigenvalue weighted by molar-refractivity contribution is -0.168. The minimum Gasteiger partial charge on any atom is -0.509 e. The zero-order valence-corrected chi connectivity index (χ0v) is 33.3. The summed E-state index contributed by atoms with van der Waals surface area (Å²) in [6, 6.07) is 9.82. The Morgan fingerprint density at radius 3 is 2.34 bits per heavy atom. The van der Waals surface area contributed by atoms with Crippen LogP contribution in [0.25, 0.3) is 6.08 Å². The molecule has 302 valence electrons. The SMILES string of the molecule is CC(C(=O)O)=C(O)C(O)C(CN=C(N)N)C(C)C1CC2(O)C=CC3(O)C4=C5C(=O)CC1(CCCCCC51CCC(=O)C(C)(C)C1C3C=Cc1ccccc1)C42C. The maximum absolute atomic E-state index is 15.5. The number of carboxylic acids is 1. The summed E-state index contributed by atoms with van der Waals surface area (Å²) < 4.78 is 0. The van der Waals surface area contributed by atoms with Gasteiger partial charge in [-0.1, -0.05) is 95.5 Å². The molecular formula is C45H59N3O8. The highest BCUT2D eigenvalue weighted by Crippen LogP contribution is 2.80. The number of nitrogens with zero attached hydrogens (tertiary/aromatic N) is 1. The van der Waals surface area contributed by atoms with Crippen LogP contribution >= 0.6 is 0 Å². The number of aliphatic hydroxyl groups is 4. The molecule has 0 radical (unpaired) electrons. The fourth-order valence-electron chi connectivity index (χ4n) is 13.4. The fourth-order valence-corrected chi connectivity index (χ4v) is 13.4. The number of nitrogens with two attached hydrogens (primary N) is 2. The standard InChI is InChI=1S/C45H59N3O8/c1-25(28(24-48-39(46)47)35(52)34(51)26(2)38(53)54)30-22-44(55)20-21-45(56)29(15-14-27-12-8-6-9-13-27)36-40(3,4)32(50)16-19-42(36)17-10-7-11-18-43(30)23-31(49)33(42)37(45)41(43,44)5/h6,8-9,12-15,20-21,25,28-30,35-36,51-52,55-56H,7,10-11,16-19,22-24H2,1-5H3,(H,53,54)(H4,46,47,48). The molecule has 6 aliphatic rings. The highest BCUT2D eigenvalue weighted by Gasteiger charge is 2.80. The molecule has 0 heterocycles. The van der Waals surface area contributed by atoms with Crippen molar-refractivity contribution in [2.75, 3.05) is 6.54 Å². The van der Waals surface area contributed by atoms with E-state index in [9.17, 15) is 35.1 Å². The van der Waals surface area contributed by atoms with E-state index < -0.39 is 85.9 Å². The Labute approximate surface area is 329 Å². The van der Waals surface area contributed by atoms with Crippen molar-refractivity contribution in [1.29, 1.82) is 0 Å². The Morgan fingerprint density at radius 2 is 1.68 bits per heavy atom. The van der Waals surface area contributed by atoms with Gasteiger partial charge in [0, 0.05) is 53.0 Å². The van der Waals surface area contributed by atoms with Crippen LogP contribution in [0.1, 0.15) is 98.0 Å². The Balaban J connectivity index is 1.49. The summed E-state index contributed by atoms with van der Waals surface area (Å²) in [7, 11) is 0. The van der Waals surface area contributed by atoms with E-state index in [0.717, 1.165) is 24.8 Å². The van der Waals surface area contributed by atoms with E-state index in [4.69, 9.17) is 11.5 Å². The summed E-state index contributed by atoms with van der Waals surface area (Å²) in [6.07, 6.45) is 10.6. The van der Waals surface area contributed by atoms with Gasteiger partial charge in [0.05, 0.1) is 11.2 Å². The van der Waals surface area contributed by atoms with Gasteiger partial charge in [0.1, 0.15) is 23.2 Å². The summed E-state index contributed by atoms with van der Waals surface area (Å²) in [5.74, 6) is -5.24. The molecule has 1 aromatic rings. The molecule has 11 heteroatoms. The third-order valence-electron chi connectivity index (χ3n) is 16.1. The number of Topliss-reactive ketones (excluding diaryl/α,β-unsaturated/α-hetero) is 2. The highest BCUT2D eigenvalue weighted by atomic mass is 16.4. The molecule has 0 aliphatic heterocycles. The number of rotatable bonds is 9. The van der Waals surface area contributed by atoms with Crippen molar-refractivity contribution < 1.29 is 39.9 Å². The maximum Gasteiger partial charge on any atom is 0.334 e. The molecule has 2 spiro atoms. The molecule has 0 saturated heterocycles. The van der Waals surface area contributed by atoms with Gasteiger partial charge in [-0.25, -0.2) is 4.79 Å². The monoisotopic (exact) mass is 769 g/mol. The quantitative estimate of drug-likeness (QED) is 0.0558. The van der Waals surface area contributed by atoms with Crippen molar-refractivity contribution in [2.24, 2.45) is 67.7 Å². The first-order valence-corrected chi connectivity index (χ1v) is 20.3. The summed E-state index contributed by atoms with van der Waals surface area (Å²) >= 11 is 0. The van der Waals surface area contributed by atoms with Crippen LogP contribution in [0.5, 0.6) is 0 Å². The third-order valence-corrected chi connectivity index (χ3v) is 16.1. The van der Waals surface area contributed by atoms with Crippen molar-refractivity contribution in [3.05, 3.63) is 76.6 Å². The van der Waals surface area contributed by atoms with E-state index in [1.807, 2.05) is 70.2 Å². The predicted molar refractivity (Wildman–Crippen MR) is 213 cm³/mol. The molecule has 9 N–H and O–H groups in total. The first kappa shape index (κ1) is 40.1. The number of guanidine groups is 1. The average molecular weight is 770 g/mol. The predicted octanol–water partition coefficient (Wildman–Crippen LogP) is 5.40. The molecule has 56 heavy (non-hydrogen) atoms. The largest absolute Gasteiger partial charge is 0.509 e. The molecule has 11 unspecified atom stereocenters. The van der Waals surface area contributed by atoms with Crippen molar-refractivity contribution in [3.63, 3.8) is 0 Å². The number of aliphatic hydroxyl groups excluding tert-OH is 2. The number of aliphatic imine (C=N–C) groups is 1. The number of hydrogen-bond acceptors (Lipinski definition) is 8. The number of carboxylic acid groups (broad SMARTS) is 1. The average Bonchev–Trinajstić information content (AvgIpc) is 3.35. The Bertz CT molecular complexity index is 1980. The first-order valence-electron chi connectivity index (χ1n) is 20.3. The van der Waals surface area contributed by atoms with Gasteiger partial charge >= 0.3 is 5.97 Å². The minimum atomic E-state index is -1.72. The minimum absolute atomic E-state index is 0.0685. The molecule has 11 atom stereocenters. The van der Waals surface area contributed by atoms with Gasteiger partial charge in [0.25, 0.3) is 0 Å². The summed E-state index contributed by atoms with van der Waals surface area (Å²) in [5.41, 5.74) is 6.31. The molecule has 0 amide bonds. The van der Waals surface area contributed by atoms with Crippen LogP contribution in [-0.4, -0.2) is 72.9 Å². The third kappa shape index (κ3) is 5.39. The second-order valence-electron chi connectivity index (χ2n) is 18.7. The molecule has 2 bridgehead atoms. The molecular weight excluding hydrogens is 711 g/mol. The number of aliphatic carboxylic acids is 1. The van der Waals surface area contributed by atoms with E-state index in [1.165, 1.54) is 6.92 Å². The van der Waals surface area contributed by atoms with Gasteiger partial charge < -0.3 is 37.0 Å². The van der Waals surface area contributed by atoms with Crippen LogP contribution < -0.4 is 11.5 Å². The van der Waals surface area contributed by atoms with Crippen LogP contribution in [0.15, 0.2) is 76.0 Å². The molecule has 1 aromatic carbocycles. The number of allylic oxidation sites excluding steroid dienone is 1. The molecule has 3 fully saturated rings. The lowest BCUT2D eigenvalue weighted by atomic mass is 9.34. The van der Waals surface area contributed by atoms with E-state index in [-0.39, 0.29) is 36.9 Å². The smallest absolute Gasteiger partial charge is 0.334 e. The van der Waals surface area contributed by atoms with Crippen molar-refractivity contribution in [2.45, 2.75) is 110 Å². The fraction of sp³-hybridized carbons (Fsp3) is 0.600. The van der Waals surface area contributed by atoms with Crippen LogP contribution in [0, 0.1) is 51.2 Å². The van der Waals surface area contributed by atoms with Gasteiger partial charge in [-0.2, -0.15) is 0 Å². The number of carbonyl (C=O) groups excluding carboxylic acids is 2. The lowest BCUT2D eigenvalue weighted by Gasteiger charge is -2.69. The summed E-state index contributed by atoms with van der Waals surface area (Å²) in [4.78, 5) is 45.6. The first-order chi connectivity index (χ1) is 26.2. The molecule has 7 rings (SSSR count). The number of carbonyl (C=O) groups is 3. The lowest BCUT2D eigenvalue weighted by Crippen LogP contribution is -2.70. The van der Waals surface area contributed by atoms with Gasteiger partial charge in [-0.3, -0.25) is 14.6 Å². The van der Waals surface area contributed by atoms with Gasteiger partial charge in [0.2, 0.25) is 0 Å².